The van der Waals surface area contributed by atoms with E-state index in [2.05, 4.69) is 0 Å². The first-order valence-corrected chi connectivity index (χ1v) is 6.62. The van der Waals surface area contributed by atoms with E-state index in [1.54, 1.807) is 54.6 Å². The van der Waals surface area contributed by atoms with Gasteiger partial charge in [0, 0.05) is 0 Å². The molecule has 2 aromatic carbocycles. The van der Waals surface area contributed by atoms with E-state index in [1.165, 1.54) is 6.07 Å². The van der Waals surface area contributed by atoms with E-state index in [0.717, 1.165) is 0 Å². The van der Waals surface area contributed by atoms with Gasteiger partial charge in [0.15, 0.2) is 5.76 Å². The quantitative estimate of drug-likeness (QED) is 0.801. The van der Waals surface area contributed by atoms with Crippen molar-refractivity contribution < 1.29 is 19.1 Å². The number of hydrogen-bond acceptors (Lipinski definition) is 4. The number of carboxylic acids is 1. The van der Waals surface area contributed by atoms with Gasteiger partial charge in [0.1, 0.15) is 5.75 Å². The molecule has 0 bridgehead atoms. The lowest BCUT2D eigenvalue weighted by molar-refractivity contribution is -0.146. The van der Waals surface area contributed by atoms with Crippen molar-refractivity contribution in [2.45, 2.75) is 6.10 Å². The molecule has 1 heterocycles. The zero-order valence-corrected chi connectivity index (χ0v) is 11.4. The topological polar surface area (TPSA) is 76.7 Å². The first-order chi connectivity index (χ1) is 10.6. The van der Waals surface area contributed by atoms with Crippen LogP contribution >= 0.6 is 0 Å². The molecule has 1 atom stereocenters. The van der Waals surface area contributed by atoms with Gasteiger partial charge in [-0.15, -0.1) is 0 Å². The normalized spacial score (nSPS) is 12.0. The number of para-hydroxylation sites is 1. The number of ether oxygens (including phenoxy) is 1. The highest BCUT2D eigenvalue weighted by Gasteiger charge is 2.25. The summed E-state index contributed by atoms with van der Waals surface area (Å²) < 4.78 is 10.6. The fraction of sp³-hybridized carbons (Fsp3) is 0.0588. The maximum atomic E-state index is 12.0. The van der Waals surface area contributed by atoms with E-state index >= 15 is 0 Å². The van der Waals surface area contributed by atoms with Gasteiger partial charge in [0.25, 0.3) is 6.10 Å². The minimum atomic E-state index is -1.39. The molecule has 0 amide bonds. The van der Waals surface area contributed by atoms with Crippen LogP contribution in [0.5, 0.6) is 5.75 Å². The van der Waals surface area contributed by atoms with Crippen LogP contribution in [0.2, 0.25) is 0 Å². The average Bonchev–Trinajstić information content (AvgIpc) is 2.53. The minimum absolute atomic E-state index is 0.0416. The molecule has 0 fully saturated rings. The van der Waals surface area contributed by atoms with Gasteiger partial charge in [0.05, 0.1) is 5.39 Å². The summed E-state index contributed by atoms with van der Waals surface area (Å²) in [4.78, 5) is 23.4. The predicted octanol–water partition coefficient (Wildman–Crippen LogP) is 3.00. The summed E-state index contributed by atoms with van der Waals surface area (Å²) in [5, 5.41) is 10.4. The molecule has 1 unspecified atom stereocenters. The van der Waals surface area contributed by atoms with Crippen molar-refractivity contribution in [2.75, 3.05) is 0 Å². The second kappa shape index (κ2) is 5.73. The molecule has 0 saturated carbocycles. The Morgan fingerprint density at radius 2 is 1.73 bits per heavy atom. The van der Waals surface area contributed by atoms with Gasteiger partial charge in [-0.1, -0.05) is 36.4 Å². The molecule has 0 aliphatic heterocycles. The molecule has 0 spiro atoms. The number of rotatable bonds is 4. The molecule has 0 aliphatic rings. The van der Waals surface area contributed by atoms with Gasteiger partial charge in [-0.3, -0.25) is 0 Å². The number of aliphatic carboxylic acids is 1. The molecule has 1 aromatic heterocycles. The molecule has 110 valence electrons. The molecular weight excluding hydrogens is 284 g/mol. The van der Waals surface area contributed by atoms with Gasteiger partial charge in [-0.05, 0) is 29.7 Å². The van der Waals surface area contributed by atoms with Crippen molar-refractivity contribution >= 4 is 16.7 Å². The summed E-state index contributed by atoms with van der Waals surface area (Å²) in [6.45, 7) is 0. The fourth-order valence-electron chi connectivity index (χ4n) is 2.15. The van der Waals surface area contributed by atoms with Crippen molar-refractivity contribution in [3.05, 3.63) is 76.8 Å². The Balaban J connectivity index is 2.05. The van der Waals surface area contributed by atoms with Gasteiger partial charge in [-0.25, -0.2) is 9.59 Å². The molecule has 5 nitrogen and oxygen atoms in total. The second-order valence-corrected chi connectivity index (χ2v) is 4.67. The summed E-state index contributed by atoms with van der Waals surface area (Å²) in [6, 6.07) is 16.8. The van der Waals surface area contributed by atoms with Crippen molar-refractivity contribution in [1.29, 1.82) is 0 Å². The van der Waals surface area contributed by atoms with Crippen LogP contribution in [0.15, 0.2) is 69.9 Å². The van der Waals surface area contributed by atoms with Crippen LogP contribution in [0.25, 0.3) is 10.8 Å². The summed E-state index contributed by atoms with van der Waals surface area (Å²) >= 11 is 0. The van der Waals surface area contributed by atoms with Crippen molar-refractivity contribution in [3.63, 3.8) is 0 Å². The largest absolute Gasteiger partial charge is 0.478 e. The maximum absolute atomic E-state index is 12.0. The highest BCUT2D eigenvalue weighted by atomic mass is 16.5. The predicted molar refractivity (Wildman–Crippen MR) is 79.9 cm³/mol. The monoisotopic (exact) mass is 296 g/mol. The van der Waals surface area contributed by atoms with Gasteiger partial charge in [0.2, 0.25) is 0 Å². The summed E-state index contributed by atoms with van der Waals surface area (Å²) in [5.41, 5.74) is -0.587. The Morgan fingerprint density at radius 1 is 1.05 bits per heavy atom. The third-order valence-corrected chi connectivity index (χ3v) is 3.17. The van der Waals surface area contributed by atoms with Crippen molar-refractivity contribution in [2.24, 2.45) is 0 Å². The van der Waals surface area contributed by atoms with E-state index in [4.69, 9.17) is 9.15 Å². The molecular formula is C17H12O5. The average molecular weight is 296 g/mol. The lowest BCUT2D eigenvalue weighted by Gasteiger charge is -2.14. The Kier molecular flexibility index (Phi) is 3.62. The Morgan fingerprint density at radius 3 is 2.45 bits per heavy atom. The van der Waals surface area contributed by atoms with Gasteiger partial charge >= 0.3 is 11.6 Å². The third kappa shape index (κ3) is 2.69. The maximum Gasteiger partial charge on any atom is 0.353 e. The summed E-state index contributed by atoms with van der Waals surface area (Å²) in [6.07, 6.45) is -1.39. The van der Waals surface area contributed by atoms with Gasteiger partial charge < -0.3 is 14.3 Å². The summed E-state index contributed by atoms with van der Waals surface area (Å²) in [7, 11) is 0. The highest BCUT2D eigenvalue weighted by molar-refractivity contribution is 5.82. The zero-order valence-electron chi connectivity index (χ0n) is 11.4. The molecule has 1 N–H and O–H groups in total. The second-order valence-electron chi connectivity index (χ2n) is 4.67. The Labute approximate surface area is 125 Å². The standard InChI is InChI=1S/C17H12O5/c18-16(19)15(21-12-7-2-1-3-8-12)14-10-11-6-4-5-9-13(11)17(20)22-14/h1-10,15H,(H,18,19). The van der Waals surface area contributed by atoms with Crippen LogP contribution < -0.4 is 10.4 Å². The van der Waals surface area contributed by atoms with E-state index in [1.807, 2.05) is 0 Å². The molecule has 0 saturated heterocycles. The number of benzene rings is 2. The fourth-order valence-corrected chi connectivity index (χ4v) is 2.15. The van der Waals surface area contributed by atoms with Crippen LogP contribution in [0.1, 0.15) is 11.9 Å². The van der Waals surface area contributed by atoms with E-state index in [-0.39, 0.29) is 5.76 Å². The number of fused-ring (bicyclic) bond motifs is 1. The van der Waals surface area contributed by atoms with Crippen molar-refractivity contribution in [1.82, 2.24) is 0 Å². The Bertz CT molecular complexity index is 867. The van der Waals surface area contributed by atoms with E-state index in [0.29, 0.717) is 16.5 Å². The summed E-state index contributed by atoms with van der Waals surface area (Å²) in [5.74, 6) is -0.895. The van der Waals surface area contributed by atoms with E-state index < -0.39 is 17.7 Å². The lowest BCUT2D eigenvalue weighted by atomic mass is 10.1. The van der Waals surface area contributed by atoms with Crippen LogP contribution in [0, 0.1) is 0 Å². The molecule has 3 rings (SSSR count). The smallest absolute Gasteiger partial charge is 0.353 e. The van der Waals surface area contributed by atoms with Crippen LogP contribution in [-0.2, 0) is 4.79 Å². The molecule has 5 heteroatoms. The number of hydrogen-bond donors (Lipinski definition) is 1. The third-order valence-electron chi connectivity index (χ3n) is 3.17. The van der Waals surface area contributed by atoms with Crippen LogP contribution in [0.3, 0.4) is 0 Å². The molecule has 0 radical (unpaired) electrons. The molecule has 22 heavy (non-hydrogen) atoms. The van der Waals surface area contributed by atoms with Gasteiger partial charge in [-0.2, -0.15) is 0 Å². The lowest BCUT2D eigenvalue weighted by Crippen LogP contribution is -2.20. The molecule has 0 aliphatic carbocycles. The number of carbonyl (C=O) groups is 1. The first kappa shape index (κ1) is 13.9. The molecule has 3 aromatic rings. The van der Waals surface area contributed by atoms with E-state index in [9.17, 15) is 14.7 Å². The number of carboxylic acid groups (broad SMARTS) is 1. The van der Waals surface area contributed by atoms with Crippen molar-refractivity contribution in [3.8, 4) is 5.75 Å². The Hall–Kier alpha value is -3.08. The first-order valence-electron chi connectivity index (χ1n) is 6.62. The van der Waals surface area contributed by atoms with Crippen LogP contribution in [-0.4, -0.2) is 11.1 Å². The minimum Gasteiger partial charge on any atom is -0.478 e. The zero-order chi connectivity index (χ0) is 15.5. The SMILES string of the molecule is O=C(O)C(Oc1ccccc1)c1cc2ccccc2c(=O)o1. The highest BCUT2D eigenvalue weighted by Crippen LogP contribution is 2.23. The van der Waals surface area contributed by atoms with Crippen LogP contribution in [0.4, 0.5) is 0 Å².